The van der Waals surface area contributed by atoms with Gasteiger partial charge in [-0.1, -0.05) is 62.6 Å². The summed E-state index contributed by atoms with van der Waals surface area (Å²) in [6.07, 6.45) is 22.6. The van der Waals surface area contributed by atoms with Crippen molar-refractivity contribution < 1.29 is 4.74 Å². The zero-order chi connectivity index (χ0) is 16.1. The van der Waals surface area contributed by atoms with E-state index in [2.05, 4.69) is 62.2 Å². The highest BCUT2D eigenvalue weighted by Crippen LogP contribution is 2.19. The number of hydrogen-bond acceptors (Lipinski definition) is 2. The van der Waals surface area contributed by atoms with E-state index in [0.29, 0.717) is 0 Å². The first-order valence-electron chi connectivity index (χ1n) is 8.84. The van der Waals surface area contributed by atoms with E-state index < -0.39 is 0 Å². The van der Waals surface area contributed by atoms with Gasteiger partial charge in [-0.05, 0) is 39.5 Å². The van der Waals surface area contributed by atoms with Crippen LogP contribution in [0, 0.1) is 0 Å². The van der Waals surface area contributed by atoms with Gasteiger partial charge >= 0.3 is 0 Å². The van der Waals surface area contributed by atoms with E-state index in [9.17, 15) is 0 Å². The number of allylic oxidation sites excluding steroid dienone is 6. The fraction of sp³-hybridized carbons (Fsp3) is 0.650. The molecule has 0 aromatic carbocycles. The lowest BCUT2D eigenvalue weighted by Crippen LogP contribution is -2.17. The fourth-order valence-corrected chi connectivity index (χ4v) is 2.31. The van der Waals surface area contributed by atoms with Crippen molar-refractivity contribution in [1.29, 1.82) is 0 Å². The second kappa shape index (κ2) is 11.3. The van der Waals surface area contributed by atoms with Crippen molar-refractivity contribution in [2.24, 2.45) is 4.99 Å². The van der Waals surface area contributed by atoms with Crippen LogP contribution >= 0.6 is 0 Å². The Bertz CT molecular complexity index is 402. The number of ether oxygens (including phenoxy) is 1. The summed E-state index contributed by atoms with van der Waals surface area (Å²) in [5.41, 5.74) is -0.00457. The lowest BCUT2D eigenvalue weighted by molar-refractivity contribution is 0.273. The van der Waals surface area contributed by atoms with Gasteiger partial charge in [0, 0.05) is 6.42 Å². The molecule has 0 atom stereocenters. The molecule has 0 aromatic rings. The lowest BCUT2D eigenvalue weighted by atomic mass is 10.1. The van der Waals surface area contributed by atoms with Crippen LogP contribution in [-0.2, 0) is 4.74 Å². The summed E-state index contributed by atoms with van der Waals surface area (Å²) in [6, 6.07) is 0. The Balaban J connectivity index is 1.96. The predicted octanol–water partition coefficient (Wildman–Crippen LogP) is 6.00. The third kappa shape index (κ3) is 9.59. The molecule has 1 heterocycles. The van der Waals surface area contributed by atoms with Gasteiger partial charge in [-0.15, -0.1) is 0 Å². The molecule has 0 N–H and O–H groups in total. The van der Waals surface area contributed by atoms with Crippen LogP contribution in [0.2, 0.25) is 0 Å². The van der Waals surface area contributed by atoms with Gasteiger partial charge in [-0.3, -0.25) is 0 Å². The van der Waals surface area contributed by atoms with E-state index in [1.807, 2.05) is 0 Å². The molecular formula is C20H33NO. The first-order chi connectivity index (χ1) is 10.6. The van der Waals surface area contributed by atoms with Gasteiger partial charge in [0.2, 0.25) is 0 Å². The molecular weight excluding hydrogens is 270 g/mol. The van der Waals surface area contributed by atoms with E-state index in [4.69, 9.17) is 4.74 Å². The van der Waals surface area contributed by atoms with Crippen molar-refractivity contribution in [3.05, 3.63) is 36.5 Å². The van der Waals surface area contributed by atoms with Crippen LogP contribution in [0.3, 0.4) is 0 Å². The maximum absolute atomic E-state index is 5.60. The van der Waals surface area contributed by atoms with Crippen LogP contribution < -0.4 is 0 Å². The van der Waals surface area contributed by atoms with Crippen molar-refractivity contribution >= 4 is 5.90 Å². The summed E-state index contributed by atoms with van der Waals surface area (Å²) in [5.74, 6) is 0.957. The summed E-state index contributed by atoms with van der Waals surface area (Å²) in [4.78, 5) is 4.58. The number of unbranched alkanes of at least 4 members (excludes halogenated alkanes) is 5. The monoisotopic (exact) mass is 303 g/mol. The second-order valence-corrected chi connectivity index (χ2v) is 6.59. The zero-order valence-electron chi connectivity index (χ0n) is 14.7. The average Bonchev–Trinajstić information content (AvgIpc) is 2.83. The standard InChI is InChI=1S/C20H33NO/c1-4-5-6-7-8-9-10-11-12-13-14-15-16-17-19-21-20(2,3)18-22-19/h7-12H,4-6,13-18H2,1-3H3/b8-7-,10-9+,12-11-. The highest BCUT2D eigenvalue weighted by molar-refractivity contribution is 5.78. The maximum Gasteiger partial charge on any atom is 0.183 e. The summed E-state index contributed by atoms with van der Waals surface area (Å²) >= 11 is 0. The highest BCUT2D eigenvalue weighted by atomic mass is 16.5. The highest BCUT2D eigenvalue weighted by Gasteiger charge is 2.25. The van der Waals surface area contributed by atoms with E-state index >= 15 is 0 Å². The molecule has 2 nitrogen and oxygen atoms in total. The van der Waals surface area contributed by atoms with Crippen LogP contribution in [0.5, 0.6) is 0 Å². The minimum Gasteiger partial charge on any atom is -0.478 e. The van der Waals surface area contributed by atoms with Crippen LogP contribution in [0.4, 0.5) is 0 Å². The van der Waals surface area contributed by atoms with E-state index in [-0.39, 0.29) is 5.54 Å². The number of hydrogen-bond donors (Lipinski definition) is 0. The van der Waals surface area contributed by atoms with Gasteiger partial charge in [0.15, 0.2) is 5.90 Å². The molecule has 22 heavy (non-hydrogen) atoms. The molecule has 124 valence electrons. The van der Waals surface area contributed by atoms with E-state index in [1.54, 1.807) is 0 Å². The molecule has 1 aliphatic rings. The Morgan fingerprint density at radius 3 is 2.23 bits per heavy atom. The Hall–Kier alpha value is -1.31. The van der Waals surface area contributed by atoms with Crippen LogP contribution in [0.1, 0.15) is 72.1 Å². The van der Waals surface area contributed by atoms with E-state index in [0.717, 1.165) is 25.3 Å². The minimum absolute atomic E-state index is 0.00457. The zero-order valence-corrected chi connectivity index (χ0v) is 14.7. The molecule has 0 radical (unpaired) electrons. The molecule has 0 aromatic heterocycles. The van der Waals surface area contributed by atoms with Crippen LogP contribution in [-0.4, -0.2) is 18.0 Å². The summed E-state index contributed by atoms with van der Waals surface area (Å²) in [5, 5.41) is 0. The normalized spacial score (nSPS) is 17.7. The van der Waals surface area contributed by atoms with Gasteiger partial charge in [-0.25, -0.2) is 4.99 Å². The quantitative estimate of drug-likeness (QED) is 0.339. The Morgan fingerprint density at radius 1 is 0.955 bits per heavy atom. The van der Waals surface area contributed by atoms with Gasteiger partial charge in [0.1, 0.15) is 6.61 Å². The molecule has 1 rings (SSSR count). The smallest absolute Gasteiger partial charge is 0.183 e. The third-order valence-corrected chi connectivity index (χ3v) is 3.61. The van der Waals surface area contributed by atoms with Crippen LogP contribution in [0.25, 0.3) is 0 Å². The van der Waals surface area contributed by atoms with Crippen molar-refractivity contribution in [1.82, 2.24) is 0 Å². The molecule has 0 saturated heterocycles. The Kier molecular flexibility index (Phi) is 9.61. The van der Waals surface area contributed by atoms with Crippen molar-refractivity contribution in [2.75, 3.05) is 6.61 Å². The predicted molar refractivity (Wildman–Crippen MR) is 97.5 cm³/mol. The number of nitrogens with zero attached hydrogens (tertiary/aromatic N) is 1. The molecule has 0 fully saturated rings. The Morgan fingerprint density at radius 2 is 1.64 bits per heavy atom. The number of rotatable bonds is 11. The van der Waals surface area contributed by atoms with Crippen molar-refractivity contribution in [3.8, 4) is 0 Å². The Labute approximate surface area is 137 Å². The first-order valence-corrected chi connectivity index (χ1v) is 8.84. The average molecular weight is 303 g/mol. The van der Waals surface area contributed by atoms with Gasteiger partial charge < -0.3 is 4.74 Å². The van der Waals surface area contributed by atoms with Gasteiger partial charge in [0.25, 0.3) is 0 Å². The molecule has 0 aliphatic carbocycles. The molecule has 2 heteroatoms. The van der Waals surface area contributed by atoms with Crippen LogP contribution in [0.15, 0.2) is 41.4 Å². The first kappa shape index (κ1) is 18.7. The molecule has 0 bridgehead atoms. The van der Waals surface area contributed by atoms with Crippen molar-refractivity contribution in [2.45, 2.75) is 77.7 Å². The molecule has 1 aliphatic heterocycles. The largest absolute Gasteiger partial charge is 0.478 e. The minimum atomic E-state index is -0.00457. The maximum atomic E-state index is 5.60. The second-order valence-electron chi connectivity index (χ2n) is 6.59. The topological polar surface area (TPSA) is 21.6 Å². The van der Waals surface area contributed by atoms with Gasteiger partial charge in [-0.2, -0.15) is 0 Å². The fourth-order valence-electron chi connectivity index (χ4n) is 2.31. The van der Waals surface area contributed by atoms with Crippen molar-refractivity contribution in [3.63, 3.8) is 0 Å². The van der Waals surface area contributed by atoms with Gasteiger partial charge in [0.05, 0.1) is 5.54 Å². The SMILES string of the molecule is CCCC\C=C/C=C/C=C\CCCCCC1=NC(C)(C)CO1. The summed E-state index contributed by atoms with van der Waals surface area (Å²) < 4.78 is 5.60. The third-order valence-electron chi connectivity index (χ3n) is 3.61. The lowest BCUT2D eigenvalue weighted by Gasteiger charge is -2.07. The molecule has 0 spiro atoms. The summed E-state index contributed by atoms with van der Waals surface area (Å²) in [6.45, 7) is 7.21. The van der Waals surface area contributed by atoms with E-state index in [1.165, 1.54) is 38.5 Å². The summed E-state index contributed by atoms with van der Waals surface area (Å²) in [7, 11) is 0. The molecule has 0 amide bonds. The molecule has 0 unspecified atom stereocenters. The number of aliphatic imine (C=N–C) groups is 1. The molecule has 0 saturated carbocycles.